The zero-order valence-corrected chi connectivity index (χ0v) is 15.9. The van der Waals surface area contributed by atoms with Gasteiger partial charge in [-0.15, -0.1) is 0 Å². The van der Waals surface area contributed by atoms with Crippen LogP contribution in [-0.2, 0) is 16.1 Å². The maximum atomic E-state index is 12.2. The summed E-state index contributed by atoms with van der Waals surface area (Å²) in [6, 6.07) is 8.02. The molecule has 0 fully saturated rings. The highest BCUT2D eigenvalue weighted by atomic mass is 16.5. The van der Waals surface area contributed by atoms with Gasteiger partial charge in [0.15, 0.2) is 6.10 Å². The van der Waals surface area contributed by atoms with Crippen LogP contribution in [0, 0.1) is 0 Å². The third kappa shape index (κ3) is 6.58. The quantitative estimate of drug-likeness (QED) is 0.783. The number of aromatic nitrogens is 2. The van der Waals surface area contributed by atoms with E-state index in [-0.39, 0.29) is 0 Å². The van der Waals surface area contributed by atoms with Gasteiger partial charge in [-0.3, -0.25) is 14.8 Å². The molecule has 0 aliphatic rings. The van der Waals surface area contributed by atoms with Crippen LogP contribution in [0.4, 0.5) is 4.79 Å². The SMILES string of the molecule is CC(OC(=O)c1ccc(Cn2cccn2)cc1)C(=O)NC(=O)NC(C)(C)C. The van der Waals surface area contributed by atoms with E-state index < -0.39 is 29.6 Å². The Hall–Kier alpha value is -3.16. The van der Waals surface area contributed by atoms with Crippen molar-refractivity contribution in [2.75, 3.05) is 0 Å². The summed E-state index contributed by atoms with van der Waals surface area (Å²) in [6.07, 6.45) is 2.44. The molecule has 3 amide bonds. The Morgan fingerprint density at radius 3 is 2.41 bits per heavy atom. The van der Waals surface area contributed by atoms with E-state index in [1.165, 1.54) is 6.92 Å². The lowest BCUT2D eigenvalue weighted by Gasteiger charge is -2.21. The lowest BCUT2D eigenvalue weighted by molar-refractivity contribution is -0.127. The number of urea groups is 1. The second-order valence-electron chi connectivity index (χ2n) is 7.14. The number of carbonyl (C=O) groups excluding carboxylic acids is 3. The fourth-order valence-corrected chi connectivity index (χ4v) is 2.19. The van der Waals surface area contributed by atoms with Crippen LogP contribution in [0.25, 0.3) is 0 Å². The summed E-state index contributed by atoms with van der Waals surface area (Å²) in [5.74, 6) is -1.33. The molecule has 8 nitrogen and oxygen atoms in total. The molecular weight excluding hydrogens is 348 g/mol. The standard InChI is InChI=1S/C19H24N4O4/c1-13(16(24)21-18(26)22-19(2,3)4)27-17(25)15-8-6-14(7-9-15)12-23-11-5-10-20-23/h5-11,13H,12H2,1-4H3,(H2,21,22,24,26). The molecule has 0 saturated carbocycles. The van der Waals surface area contributed by atoms with Gasteiger partial charge in [0.25, 0.3) is 5.91 Å². The topological polar surface area (TPSA) is 102 Å². The minimum absolute atomic E-state index is 0.318. The highest BCUT2D eigenvalue weighted by molar-refractivity contribution is 5.98. The smallest absolute Gasteiger partial charge is 0.338 e. The number of imide groups is 1. The van der Waals surface area contributed by atoms with Crippen LogP contribution in [0.5, 0.6) is 0 Å². The molecule has 2 aromatic rings. The number of rotatable bonds is 5. The van der Waals surface area contributed by atoms with E-state index in [1.54, 1.807) is 55.9 Å². The first-order valence-corrected chi connectivity index (χ1v) is 8.54. The highest BCUT2D eigenvalue weighted by Gasteiger charge is 2.22. The van der Waals surface area contributed by atoms with Crippen molar-refractivity contribution in [3.63, 3.8) is 0 Å². The summed E-state index contributed by atoms with van der Waals surface area (Å²) in [7, 11) is 0. The average molecular weight is 372 g/mol. The number of amides is 3. The molecular formula is C19H24N4O4. The van der Waals surface area contributed by atoms with Crippen LogP contribution in [0.2, 0.25) is 0 Å². The summed E-state index contributed by atoms with van der Waals surface area (Å²) in [6.45, 7) is 7.36. The molecule has 1 aromatic carbocycles. The van der Waals surface area contributed by atoms with Crippen LogP contribution in [0.15, 0.2) is 42.7 Å². The summed E-state index contributed by atoms with van der Waals surface area (Å²) < 4.78 is 6.89. The summed E-state index contributed by atoms with van der Waals surface area (Å²) >= 11 is 0. The molecule has 1 atom stereocenters. The van der Waals surface area contributed by atoms with Gasteiger partial charge in [-0.25, -0.2) is 9.59 Å². The molecule has 1 heterocycles. The van der Waals surface area contributed by atoms with E-state index in [1.807, 2.05) is 12.3 Å². The first kappa shape index (κ1) is 20.2. The van der Waals surface area contributed by atoms with Crippen molar-refractivity contribution in [3.05, 3.63) is 53.9 Å². The van der Waals surface area contributed by atoms with Crippen LogP contribution in [-0.4, -0.2) is 39.3 Å². The lowest BCUT2D eigenvalue weighted by Crippen LogP contribution is -2.50. The number of hydrogen-bond acceptors (Lipinski definition) is 5. The van der Waals surface area contributed by atoms with Gasteiger partial charge >= 0.3 is 12.0 Å². The van der Waals surface area contributed by atoms with Crippen molar-refractivity contribution in [3.8, 4) is 0 Å². The third-order valence-corrected chi connectivity index (χ3v) is 3.47. The van der Waals surface area contributed by atoms with Gasteiger partial charge < -0.3 is 10.1 Å². The molecule has 1 unspecified atom stereocenters. The molecule has 8 heteroatoms. The average Bonchev–Trinajstić information content (AvgIpc) is 3.06. The first-order valence-electron chi connectivity index (χ1n) is 8.54. The molecule has 27 heavy (non-hydrogen) atoms. The van der Waals surface area contributed by atoms with E-state index in [0.29, 0.717) is 12.1 Å². The molecule has 144 valence electrons. The molecule has 2 N–H and O–H groups in total. The molecule has 0 bridgehead atoms. The van der Waals surface area contributed by atoms with Crippen LogP contribution in [0.3, 0.4) is 0 Å². The monoisotopic (exact) mass is 372 g/mol. The van der Waals surface area contributed by atoms with Crippen LogP contribution < -0.4 is 10.6 Å². The van der Waals surface area contributed by atoms with Crippen molar-refractivity contribution in [2.45, 2.75) is 45.9 Å². The van der Waals surface area contributed by atoms with Crippen molar-refractivity contribution < 1.29 is 19.1 Å². The Morgan fingerprint density at radius 1 is 1.19 bits per heavy atom. The largest absolute Gasteiger partial charge is 0.449 e. The van der Waals surface area contributed by atoms with Crippen molar-refractivity contribution in [2.24, 2.45) is 0 Å². The molecule has 1 aromatic heterocycles. The lowest BCUT2D eigenvalue weighted by atomic mass is 10.1. The predicted molar refractivity (Wildman–Crippen MR) is 99.1 cm³/mol. The fraction of sp³-hybridized carbons (Fsp3) is 0.368. The zero-order valence-electron chi connectivity index (χ0n) is 15.9. The second-order valence-corrected chi connectivity index (χ2v) is 7.14. The summed E-state index contributed by atoms with van der Waals surface area (Å²) in [5, 5.41) is 8.87. The Balaban J connectivity index is 1.88. The zero-order chi connectivity index (χ0) is 20.0. The molecule has 0 aliphatic carbocycles. The first-order chi connectivity index (χ1) is 12.6. The Labute approximate surface area is 157 Å². The number of carbonyl (C=O) groups is 3. The van der Waals surface area contributed by atoms with Crippen LogP contribution >= 0.6 is 0 Å². The Kier molecular flexibility index (Phi) is 6.33. The molecule has 0 radical (unpaired) electrons. The molecule has 0 aliphatic heterocycles. The van der Waals surface area contributed by atoms with Gasteiger partial charge in [0.05, 0.1) is 12.1 Å². The maximum Gasteiger partial charge on any atom is 0.338 e. The highest BCUT2D eigenvalue weighted by Crippen LogP contribution is 2.09. The fourth-order valence-electron chi connectivity index (χ4n) is 2.19. The van der Waals surface area contributed by atoms with Gasteiger partial charge in [-0.05, 0) is 51.5 Å². The normalized spacial score (nSPS) is 12.1. The van der Waals surface area contributed by atoms with Gasteiger partial charge in [0.1, 0.15) is 0 Å². The summed E-state index contributed by atoms with van der Waals surface area (Å²) in [4.78, 5) is 35.9. The number of benzene rings is 1. The number of ether oxygens (including phenoxy) is 1. The molecule has 0 spiro atoms. The summed E-state index contributed by atoms with van der Waals surface area (Å²) in [5.41, 5.74) is 0.806. The maximum absolute atomic E-state index is 12.2. The van der Waals surface area contributed by atoms with Gasteiger partial charge in [0.2, 0.25) is 0 Å². The minimum atomic E-state index is -1.10. The number of nitrogens with one attached hydrogen (secondary N) is 2. The van der Waals surface area contributed by atoms with E-state index in [9.17, 15) is 14.4 Å². The Bertz CT molecular complexity index is 792. The van der Waals surface area contributed by atoms with Gasteiger partial charge in [-0.1, -0.05) is 12.1 Å². The van der Waals surface area contributed by atoms with E-state index in [2.05, 4.69) is 15.7 Å². The predicted octanol–water partition coefficient (Wildman–Crippen LogP) is 2.10. The van der Waals surface area contributed by atoms with E-state index in [0.717, 1.165) is 5.56 Å². The van der Waals surface area contributed by atoms with E-state index in [4.69, 9.17) is 4.74 Å². The third-order valence-electron chi connectivity index (χ3n) is 3.47. The molecule has 0 saturated heterocycles. The van der Waals surface area contributed by atoms with Gasteiger partial charge in [-0.2, -0.15) is 5.10 Å². The van der Waals surface area contributed by atoms with Gasteiger partial charge in [0, 0.05) is 17.9 Å². The molecule has 2 rings (SSSR count). The van der Waals surface area contributed by atoms with Crippen molar-refractivity contribution in [1.82, 2.24) is 20.4 Å². The second kappa shape index (κ2) is 8.48. The van der Waals surface area contributed by atoms with Crippen molar-refractivity contribution in [1.29, 1.82) is 0 Å². The van der Waals surface area contributed by atoms with Crippen LogP contribution in [0.1, 0.15) is 43.6 Å². The van der Waals surface area contributed by atoms with E-state index >= 15 is 0 Å². The minimum Gasteiger partial charge on any atom is -0.449 e. The Morgan fingerprint density at radius 2 is 1.85 bits per heavy atom. The number of hydrogen-bond donors (Lipinski definition) is 2. The number of esters is 1. The van der Waals surface area contributed by atoms with Crippen molar-refractivity contribution >= 4 is 17.9 Å². The number of nitrogens with zero attached hydrogens (tertiary/aromatic N) is 2.